The molecule has 4 nitrogen and oxygen atoms in total. The highest BCUT2D eigenvalue weighted by Crippen LogP contribution is 2.26. The van der Waals surface area contributed by atoms with Crippen molar-refractivity contribution in [1.29, 1.82) is 5.26 Å². The van der Waals surface area contributed by atoms with Gasteiger partial charge >= 0.3 is 0 Å². The fraction of sp³-hybridized carbons (Fsp3) is 0. The van der Waals surface area contributed by atoms with E-state index in [0.29, 0.717) is 22.0 Å². The normalized spacial score (nSPS) is 10.3. The van der Waals surface area contributed by atoms with Gasteiger partial charge in [0.05, 0.1) is 29.2 Å². The zero-order valence-corrected chi connectivity index (χ0v) is 11.7. The van der Waals surface area contributed by atoms with Crippen molar-refractivity contribution in [1.82, 2.24) is 9.78 Å². The van der Waals surface area contributed by atoms with Gasteiger partial charge in [-0.2, -0.15) is 10.4 Å². The van der Waals surface area contributed by atoms with E-state index in [1.54, 1.807) is 35.1 Å². The molecule has 21 heavy (non-hydrogen) atoms. The van der Waals surface area contributed by atoms with Crippen LogP contribution >= 0.6 is 11.6 Å². The first-order valence-corrected chi connectivity index (χ1v) is 6.67. The minimum Gasteiger partial charge on any atom is -0.396 e. The number of nitrogen functional groups attached to an aromatic ring is 1. The Morgan fingerprint density at radius 1 is 1.05 bits per heavy atom. The number of aromatic nitrogens is 2. The predicted molar refractivity (Wildman–Crippen MR) is 83.1 cm³/mol. The van der Waals surface area contributed by atoms with Gasteiger partial charge in [-0.05, 0) is 36.4 Å². The first kappa shape index (κ1) is 13.2. The lowest BCUT2D eigenvalue weighted by molar-refractivity contribution is 0.884. The summed E-state index contributed by atoms with van der Waals surface area (Å²) in [6.07, 6.45) is 1.76. The van der Waals surface area contributed by atoms with Crippen molar-refractivity contribution in [2.45, 2.75) is 0 Å². The van der Waals surface area contributed by atoms with E-state index < -0.39 is 0 Å². The smallest absolute Gasteiger partial charge is 0.116 e. The van der Waals surface area contributed by atoms with Gasteiger partial charge in [0.2, 0.25) is 0 Å². The van der Waals surface area contributed by atoms with Crippen molar-refractivity contribution in [2.24, 2.45) is 0 Å². The molecule has 0 saturated carbocycles. The van der Waals surface area contributed by atoms with Gasteiger partial charge < -0.3 is 5.73 Å². The molecule has 5 heteroatoms. The van der Waals surface area contributed by atoms with E-state index >= 15 is 0 Å². The van der Waals surface area contributed by atoms with E-state index in [9.17, 15) is 0 Å². The second-order valence-electron chi connectivity index (χ2n) is 4.54. The van der Waals surface area contributed by atoms with Gasteiger partial charge in [-0.3, -0.25) is 0 Å². The highest BCUT2D eigenvalue weighted by Gasteiger charge is 2.09. The number of halogens is 1. The Morgan fingerprint density at radius 2 is 1.71 bits per heavy atom. The molecule has 1 heterocycles. The van der Waals surface area contributed by atoms with Crippen LogP contribution in [0, 0.1) is 11.3 Å². The average Bonchev–Trinajstić information content (AvgIpc) is 2.90. The van der Waals surface area contributed by atoms with Crippen molar-refractivity contribution in [3.05, 3.63) is 65.3 Å². The molecule has 0 saturated heterocycles. The molecule has 0 aliphatic heterocycles. The molecule has 3 rings (SSSR count). The van der Waals surface area contributed by atoms with E-state index in [0.717, 1.165) is 11.3 Å². The first-order chi connectivity index (χ1) is 10.2. The second kappa shape index (κ2) is 5.31. The van der Waals surface area contributed by atoms with Crippen LogP contribution in [0.25, 0.3) is 16.9 Å². The molecule has 0 radical (unpaired) electrons. The molecule has 0 aliphatic carbocycles. The van der Waals surface area contributed by atoms with Crippen LogP contribution in [0.1, 0.15) is 5.56 Å². The summed E-state index contributed by atoms with van der Waals surface area (Å²) >= 11 is 5.88. The number of nitrogens with zero attached hydrogens (tertiary/aromatic N) is 3. The molecule has 0 amide bonds. The largest absolute Gasteiger partial charge is 0.396 e. The Balaban J connectivity index is 2.01. The monoisotopic (exact) mass is 294 g/mol. The molecular formula is C16H11ClN4. The maximum absolute atomic E-state index is 8.82. The molecule has 2 aromatic carbocycles. The molecule has 1 aromatic heterocycles. The molecule has 0 aliphatic rings. The molecule has 2 N–H and O–H groups in total. The lowest BCUT2D eigenvalue weighted by Gasteiger charge is -2.01. The minimum atomic E-state index is 0.578. The third-order valence-corrected chi connectivity index (χ3v) is 3.37. The van der Waals surface area contributed by atoms with Gasteiger partial charge in [0.1, 0.15) is 5.69 Å². The lowest BCUT2D eigenvalue weighted by Crippen LogP contribution is -1.94. The number of nitriles is 1. The van der Waals surface area contributed by atoms with Crippen LogP contribution in [-0.2, 0) is 0 Å². The highest BCUT2D eigenvalue weighted by molar-refractivity contribution is 6.30. The first-order valence-electron chi connectivity index (χ1n) is 6.29. The fourth-order valence-corrected chi connectivity index (χ4v) is 2.17. The lowest BCUT2D eigenvalue weighted by atomic mass is 10.1. The summed E-state index contributed by atoms with van der Waals surface area (Å²) in [4.78, 5) is 0. The molecule has 3 aromatic rings. The molecule has 102 valence electrons. The highest BCUT2D eigenvalue weighted by atomic mass is 35.5. The van der Waals surface area contributed by atoms with Gasteiger partial charge in [-0.1, -0.05) is 23.7 Å². The molecule has 0 fully saturated rings. The van der Waals surface area contributed by atoms with Crippen molar-refractivity contribution in [3.63, 3.8) is 0 Å². The molecule has 0 spiro atoms. The number of hydrogen-bond donors (Lipinski definition) is 1. The Bertz CT molecular complexity index is 811. The average molecular weight is 295 g/mol. The number of rotatable bonds is 2. The van der Waals surface area contributed by atoms with Crippen molar-refractivity contribution in [2.75, 3.05) is 5.73 Å². The van der Waals surface area contributed by atoms with Gasteiger partial charge in [0.25, 0.3) is 0 Å². The molecule has 0 unspecified atom stereocenters. The Hall–Kier alpha value is -2.77. The standard InChI is InChI=1S/C16H11ClN4/c17-13-5-7-14(8-6-13)21-10-15(19)16(20-21)12-3-1-11(9-18)2-4-12/h1-8,10H,19H2. The van der Waals surface area contributed by atoms with Crippen LogP contribution in [-0.4, -0.2) is 9.78 Å². The molecular weight excluding hydrogens is 284 g/mol. The van der Waals surface area contributed by atoms with Crippen LogP contribution in [0.4, 0.5) is 5.69 Å². The van der Waals surface area contributed by atoms with Crippen LogP contribution in [0.2, 0.25) is 5.02 Å². The molecule has 0 atom stereocenters. The Kier molecular flexibility index (Phi) is 3.35. The summed E-state index contributed by atoms with van der Waals surface area (Å²) in [7, 11) is 0. The van der Waals surface area contributed by atoms with Crippen molar-refractivity contribution in [3.8, 4) is 23.0 Å². The second-order valence-corrected chi connectivity index (χ2v) is 4.98. The van der Waals surface area contributed by atoms with Crippen LogP contribution < -0.4 is 5.73 Å². The van der Waals surface area contributed by atoms with E-state index in [1.807, 2.05) is 24.3 Å². The number of nitrogens with two attached hydrogens (primary N) is 1. The third-order valence-electron chi connectivity index (χ3n) is 3.12. The maximum atomic E-state index is 8.82. The SMILES string of the molecule is N#Cc1ccc(-c2nn(-c3ccc(Cl)cc3)cc2N)cc1. The van der Waals surface area contributed by atoms with Crippen LogP contribution in [0.3, 0.4) is 0 Å². The Labute approximate surface area is 127 Å². The zero-order chi connectivity index (χ0) is 14.8. The number of benzene rings is 2. The van der Waals surface area contributed by atoms with E-state index in [2.05, 4.69) is 11.2 Å². The quantitative estimate of drug-likeness (QED) is 0.784. The van der Waals surface area contributed by atoms with Crippen molar-refractivity contribution < 1.29 is 0 Å². The number of anilines is 1. The maximum Gasteiger partial charge on any atom is 0.116 e. The molecule has 0 bridgehead atoms. The van der Waals surface area contributed by atoms with E-state index in [-0.39, 0.29) is 0 Å². The van der Waals surface area contributed by atoms with Crippen LogP contribution in [0.5, 0.6) is 0 Å². The third kappa shape index (κ3) is 2.60. The Morgan fingerprint density at radius 3 is 2.33 bits per heavy atom. The van der Waals surface area contributed by atoms with Gasteiger partial charge in [-0.15, -0.1) is 0 Å². The fourth-order valence-electron chi connectivity index (χ4n) is 2.04. The summed E-state index contributed by atoms with van der Waals surface area (Å²) in [5, 5.41) is 14.0. The summed E-state index contributed by atoms with van der Waals surface area (Å²) < 4.78 is 1.71. The topological polar surface area (TPSA) is 67.6 Å². The summed E-state index contributed by atoms with van der Waals surface area (Å²) in [5.41, 5.74) is 9.67. The van der Waals surface area contributed by atoms with Gasteiger partial charge in [0.15, 0.2) is 0 Å². The van der Waals surface area contributed by atoms with Crippen LogP contribution in [0.15, 0.2) is 54.7 Å². The summed E-state index contributed by atoms with van der Waals surface area (Å²) in [6.45, 7) is 0. The summed E-state index contributed by atoms with van der Waals surface area (Å²) in [6, 6.07) is 16.6. The van der Waals surface area contributed by atoms with E-state index in [1.165, 1.54) is 0 Å². The number of hydrogen-bond acceptors (Lipinski definition) is 3. The van der Waals surface area contributed by atoms with Gasteiger partial charge in [-0.25, -0.2) is 4.68 Å². The van der Waals surface area contributed by atoms with E-state index in [4.69, 9.17) is 22.6 Å². The zero-order valence-electron chi connectivity index (χ0n) is 11.0. The predicted octanol–water partition coefficient (Wildman–Crippen LogP) is 3.65. The minimum absolute atomic E-state index is 0.578. The summed E-state index contributed by atoms with van der Waals surface area (Å²) in [5.74, 6) is 0. The van der Waals surface area contributed by atoms with Gasteiger partial charge in [0, 0.05) is 10.6 Å². The van der Waals surface area contributed by atoms with Crippen molar-refractivity contribution >= 4 is 17.3 Å².